The highest BCUT2D eigenvalue weighted by Crippen LogP contribution is 2.40. The molecule has 0 saturated carbocycles. The molecule has 4 heteroatoms. The van der Waals surface area contributed by atoms with Gasteiger partial charge in [-0.25, -0.2) is 0 Å². The lowest BCUT2D eigenvalue weighted by molar-refractivity contribution is -0.138. The molecule has 0 fully saturated rings. The van der Waals surface area contributed by atoms with Crippen molar-refractivity contribution in [3.05, 3.63) is 71.8 Å². The SMILES string of the molecule is O=C(O)CCCCCCCCCCCC(CC(=O)O)(c1ccccc1)c1ccccc1. The molecule has 0 aliphatic heterocycles. The first-order valence-corrected chi connectivity index (χ1v) is 11.6. The van der Waals surface area contributed by atoms with Crippen LogP contribution in [0.1, 0.15) is 88.2 Å². The lowest BCUT2D eigenvalue weighted by Gasteiger charge is -2.34. The number of aliphatic carboxylic acids is 2. The van der Waals surface area contributed by atoms with E-state index in [4.69, 9.17) is 5.11 Å². The molecule has 0 unspecified atom stereocenters. The van der Waals surface area contributed by atoms with Crippen molar-refractivity contribution in [1.82, 2.24) is 0 Å². The summed E-state index contributed by atoms with van der Waals surface area (Å²) in [5.41, 5.74) is 1.65. The third-order valence-electron chi connectivity index (χ3n) is 6.10. The molecule has 0 heterocycles. The molecular weight excluding hydrogens is 388 g/mol. The van der Waals surface area contributed by atoms with Crippen LogP contribution in [0.25, 0.3) is 0 Å². The lowest BCUT2D eigenvalue weighted by Crippen LogP contribution is -2.31. The first-order valence-electron chi connectivity index (χ1n) is 11.6. The van der Waals surface area contributed by atoms with E-state index in [2.05, 4.69) is 24.3 Å². The van der Waals surface area contributed by atoms with Gasteiger partial charge in [0.25, 0.3) is 0 Å². The van der Waals surface area contributed by atoms with Crippen molar-refractivity contribution >= 4 is 11.9 Å². The molecule has 0 spiro atoms. The summed E-state index contributed by atoms with van der Waals surface area (Å²) < 4.78 is 0. The fourth-order valence-electron chi connectivity index (χ4n) is 4.46. The highest BCUT2D eigenvalue weighted by Gasteiger charge is 2.36. The van der Waals surface area contributed by atoms with Crippen LogP contribution in [-0.4, -0.2) is 22.2 Å². The van der Waals surface area contributed by atoms with Gasteiger partial charge in [-0.2, -0.15) is 0 Å². The fraction of sp³-hybridized carbons (Fsp3) is 0.481. The summed E-state index contributed by atoms with van der Waals surface area (Å²) >= 11 is 0. The fourth-order valence-corrected chi connectivity index (χ4v) is 4.46. The largest absolute Gasteiger partial charge is 0.481 e. The molecule has 168 valence electrons. The van der Waals surface area contributed by atoms with Crippen LogP contribution in [0.3, 0.4) is 0 Å². The third-order valence-corrected chi connectivity index (χ3v) is 6.10. The van der Waals surface area contributed by atoms with Crippen LogP contribution in [0.4, 0.5) is 0 Å². The van der Waals surface area contributed by atoms with Crippen LogP contribution in [-0.2, 0) is 15.0 Å². The van der Waals surface area contributed by atoms with Gasteiger partial charge in [0.1, 0.15) is 0 Å². The molecule has 0 amide bonds. The van der Waals surface area contributed by atoms with Gasteiger partial charge in [-0.15, -0.1) is 0 Å². The summed E-state index contributed by atoms with van der Waals surface area (Å²) in [5, 5.41) is 18.4. The van der Waals surface area contributed by atoms with Crippen molar-refractivity contribution in [1.29, 1.82) is 0 Å². The molecule has 2 aromatic carbocycles. The number of hydrogen-bond acceptors (Lipinski definition) is 2. The summed E-state index contributed by atoms with van der Waals surface area (Å²) in [6.07, 6.45) is 10.9. The Morgan fingerprint density at radius 2 is 1.00 bits per heavy atom. The third kappa shape index (κ3) is 8.56. The molecule has 0 aliphatic carbocycles. The van der Waals surface area contributed by atoms with Crippen LogP contribution >= 0.6 is 0 Å². The zero-order valence-corrected chi connectivity index (χ0v) is 18.5. The molecular formula is C27H36O4. The Hall–Kier alpha value is -2.62. The van der Waals surface area contributed by atoms with E-state index in [1.165, 1.54) is 12.8 Å². The van der Waals surface area contributed by atoms with Crippen molar-refractivity contribution in [2.75, 3.05) is 0 Å². The Morgan fingerprint density at radius 1 is 0.581 bits per heavy atom. The van der Waals surface area contributed by atoms with Gasteiger partial charge in [0.05, 0.1) is 6.42 Å². The first kappa shape index (κ1) is 24.6. The number of carbonyl (C=O) groups is 2. The second-order valence-corrected chi connectivity index (χ2v) is 8.46. The number of carboxylic acid groups (broad SMARTS) is 2. The van der Waals surface area contributed by atoms with Gasteiger partial charge < -0.3 is 10.2 Å². The molecule has 2 aromatic rings. The number of hydrogen-bond donors (Lipinski definition) is 2. The average molecular weight is 425 g/mol. The van der Waals surface area contributed by atoms with Crippen molar-refractivity contribution in [3.63, 3.8) is 0 Å². The molecule has 0 bridgehead atoms. The highest BCUT2D eigenvalue weighted by molar-refractivity contribution is 5.70. The minimum atomic E-state index is -0.768. The highest BCUT2D eigenvalue weighted by atomic mass is 16.4. The van der Waals surface area contributed by atoms with Gasteiger partial charge in [-0.3, -0.25) is 9.59 Å². The molecule has 0 aliphatic rings. The zero-order chi connectivity index (χ0) is 22.4. The van der Waals surface area contributed by atoms with E-state index in [-0.39, 0.29) is 12.8 Å². The van der Waals surface area contributed by atoms with Gasteiger partial charge >= 0.3 is 11.9 Å². The van der Waals surface area contributed by atoms with E-state index < -0.39 is 17.4 Å². The topological polar surface area (TPSA) is 74.6 Å². The molecule has 31 heavy (non-hydrogen) atoms. The van der Waals surface area contributed by atoms with Crippen molar-refractivity contribution in [2.45, 2.75) is 82.5 Å². The quantitative estimate of drug-likeness (QED) is 0.290. The summed E-state index contributed by atoms with van der Waals surface area (Å²) in [6.45, 7) is 0. The number of unbranched alkanes of at least 4 members (excludes halogenated alkanes) is 8. The van der Waals surface area contributed by atoms with E-state index in [9.17, 15) is 14.7 Å². The predicted octanol–water partition coefficient (Wildman–Crippen LogP) is 6.82. The summed E-state index contributed by atoms with van der Waals surface area (Å²) in [6, 6.07) is 20.1. The van der Waals surface area contributed by atoms with Crippen molar-refractivity contribution < 1.29 is 19.8 Å². The molecule has 2 N–H and O–H groups in total. The number of benzene rings is 2. The molecule has 0 aromatic heterocycles. The van der Waals surface area contributed by atoms with E-state index in [0.717, 1.165) is 62.5 Å². The number of rotatable bonds is 16. The maximum absolute atomic E-state index is 11.8. The average Bonchev–Trinajstić information content (AvgIpc) is 2.77. The lowest BCUT2D eigenvalue weighted by atomic mass is 9.69. The maximum atomic E-state index is 11.8. The van der Waals surface area contributed by atoms with Crippen molar-refractivity contribution in [3.8, 4) is 0 Å². The van der Waals surface area contributed by atoms with E-state index in [1.54, 1.807) is 0 Å². The normalized spacial score (nSPS) is 11.4. The van der Waals surface area contributed by atoms with Crippen LogP contribution in [0, 0.1) is 0 Å². The van der Waals surface area contributed by atoms with Crippen molar-refractivity contribution in [2.24, 2.45) is 0 Å². The zero-order valence-electron chi connectivity index (χ0n) is 18.5. The van der Waals surface area contributed by atoms with Crippen LogP contribution < -0.4 is 0 Å². The van der Waals surface area contributed by atoms with Crippen LogP contribution in [0.5, 0.6) is 0 Å². The van der Waals surface area contributed by atoms with Crippen LogP contribution in [0.2, 0.25) is 0 Å². The molecule has 2 rings (SSSR count). The Labute approximate surface area is 186 Å². The maximum Gasteiger partial charge on any atom is 0.304 e. The summed E-state index contributed by atoms with van der Waals surface area (Å²) in [5.74, 6) is -1.47. The Bertz CT molecular complexity index is 731. The Balaban J connectivity index is 1.87. The monoisotopic (exact) mass is 424 g/mol. The van der Waals surface area contributed by atoms with Gasteiger partial charge in [0.15, 0.2) is 0 Å². The Morgan fingerprint density at radius 3 is 1.42 bits per heavy atom. The summed E-state index contributed by atoms with van der Waals surface area (Å²) in [4.78, 5) is 22.4. The minimum Gasteiger partial charge on any atom is -0.481 e. The standard InChI is InChI=1S/C27H36O4/c28-25(29)20-14-6-4-2-1-3-5-7-15-21-27(22-26(30)31,23-16-10-8-11-17-23)24-18-12-9-13-19-24/h8-13,16-19H,1-7,14-15,20-22H2,(H,28,29)(H,30,31). The molecule has 0 radical (unpaired) electrons. The molecule has 0 atom stereocenters. The molecule has 0 saturated heterocycles. The number of carboxylic acids is 2. The van der Waals surface area contributed by atoms with Gasteiger partial charge in [0.2, 0.25) is 0 Å². The summed E-state index contributed by atoms with van der Waals surface area (Å²) in [7, 11) is 0. The van der Waals surface area contributed by atoms with E-state index >= 15 is 0 Å². The van der Waals surface area contributed by atoms with Gasteiger partial charge in [-0.05, 0) is 24.0 Å². The van der Waals surface area contributed by atoms with Crippen LogP contribution in [0.15, 0.2) is 60.7 Å². The minimum absolute atomic E-state index is 0.0946. The van der Waals surface area contributed by atoms with Gasteiger partial charge in [0, 0.05) is 11.8 Å². The molecule has 4 nitrogen and oxygen atoms in total. The Kier molecular flexibility index (Phi) is 10.8. The second-order valence-electron chi connectivity index (χ2n) is 8.46. The smallest absolute Gasteiger partial charge is 0.304 e. The first-order chi connectivity index (χ1) is 15.0. The predicted molar refractivity (Wildman–Crippen MR) is 124 cm³/mol. The second kappa shape index (κ2) is 13.6. The van der Waals surface area contributed by atoms with E-state index in [0.29, 0.717) is 0 Å². The van der Waals surface area contributed by atoms with E-state index in [1.807, 2.05) is 36.4 Å². The van der Waals surface area contributed by atoms with Gasteiger partial charge in [-0.1, -0.05) is 112 Å².